The van der Waals surface area contributed by atoms with Gasteiger partial charge in [0.2, 0.25) is 10.0 Å². The maximum atomic E-state index is 13.2. The molecule has 0 amide bonds. The molecule has 1 aliphatic rings. The highest BCUT2D eigenvalue weighted by Gasteiger charge is 2.31. The molecule has 0 spiro atoms. The number of benzene rings is 1. The van der Waals surface area contributed by atoms with E-state index in [2.05, 4.69) is 26.2 Å². The molecule has 0 aliphatic carbocycles. The minimum Gasteiger partial charge on any atom is -0.315 e. The van der Waals surface area contributed by atoms with Crippen molar-refractivity contribution in [3.05, 3.63) is 35.1 Å². The molecule has 1 N–H and O–H groups in total. The van der Waals surface area contributed by atoms with E-state index in [1.807, 2.05) is 19.1 Å². The lowest BCUT2D eigenvalue weighted by atomic mass is 10.2. The number of hydrogen-bond donors (Lipinski definition) is 1. The van der Waals surface area contributed by atoms with Crippen LogP contribution in [-0.4, -0.2) is 43.4 Å². The molecule has 2 aromatic rings. The largest absolute Gasteiger partial charge is 0.315 e. The Morgan fingerprint density at radius 3 is 2.76 bits per heavy atom. The van der Waals surface area contributed by atoms with Gasteiger partial charge < -0.3 is 5.32 Å². The van der Waals surface area contributed by atoms with Gasteiger partial charge in [0.25, 0.3) is 0 Å². The number of sulfonamides is 1. The highest BCUT2D eigenvalue weighted by atomic mass is 79.9. The van der Waals surface area contributed by atoms with Crippen molar-refractivity contribution < 1.29 is 8.42 Å². The Labute approximate surface area is 169 Å². The zero-order chi connectivity index (χ0) is 16.4. The van der Waals surface area contributed by atoms with E-state index in [0.29, 0.717) is 22.5 Å². The normalized spacial score (nSPS) is 19.4. The van der Waals surface area contributed by atoms with E-state index in [-0.39, 0.29) is 30.9 Å². The second-order valence-corrected chi connectivity index (χ2v) is 8.50. The maximum Gasteiger partial charge on any atom is 0.244 e. The zero-order valence-corrected chi connectivity index (χ0v) is 17.8. The molecular formula is C16H22BrCl2N3O2S. The van der Waals surface area contributed by atoms with E-state index in [1.165, 1.54) is 0 Å². The van der Waals surface area contributed by atoms with Gasteiger partial charge in [0, 0.05) is 46.8 Å². The van der Waals surface area contributed by atoms with Gasteiger partial charge in [-0.3, -0.25) is 4.98 Å². The Morgan fingerprint density at radius 2 is 2.00 bits per heavy atom. The molecule has 1 fully saturated rings. The molecule has 5 nitrogen and oxygen atoms in total. The van der Waals surface area contributed by atoms with Crippen molar-refractivity contribution in [3.8, 4) is 0 Å². The summed E-state index contributed by atoms with van der Waals surface area (Å²) in [6, 6.07) is 5.24. The van der Waals surface area contributed by atoms with Gasteiger partial charge in [-0.2, -0.15) is 4.31 Å². The molecule has 2 heterocycles. The van der Waals surface area contributed by atoms with Crippen LogP contribution in [0.5, 0.6) is 0 Å². The fourth-order valence-corrected chi connectivity index (χ4v) is 5.80. The van der Waals surface area contributed by atoms with Crippen LogP contribution in [0.3, 0.4) is 0 Å². The topological polar surface area (TPSA) is 62.3 Å². The van der Waals surface area contributed by atoms with Crippen LogP contribution in [0, 0.1) is 0 Å². The van der Waals surface area contributed by atoms with Crippen LogP contribution < -0.4 is 5.32 Å². The highest BCUT2D eigenvalue weighted by molar-refractivity contribution is 9.10. The summed E-state index contributed by atoms with van der Waals surface area (Å²) in [7, 11) is -3.55. The highest BCUT2D eigenvalue weighted by Crippen LogP contribution is 2.32. The zero-order valence-electron chi connectivity index (χ0n) is 13.8. The summed E-state index contributed by atoms with van der Waals surface area (Å²) in [5.41, 5.74) is 0. The van der Waals surface area contributed by atoms with E-state index in [1.54, 1.807) is 22.8 Å². The summed E-state index contributed by atoms with van der Waals surface area (Å²) in [4.78, 5) is 4.40. The van der Waals surface area contributed by atoms with Crippen LogP contribution in [-0.2, 0) is 10.0 Å². The number of nitrogens with one attached hydrogen (secondary N) is 1. The standard InChI is InChI=1S/C16H20BrN3O2S.2ClH/c1-12-10-18-7-2-3-9-20(12)23(21,22)15-5-4-13-11-19-8-6-14(13)16(15)17;;/h4-6,8,11-12,18H,2-3,7,9-10H2,1H3;2*1H/t12-;;/m1../s1. The average molecular weight is 471 g/mol. The van der Waals surface area contributed by atoms with Crippen LogP contribution >= 0.6 is 40.7 Å². The fraction of sp³-hybridized carbons (Fsp3) is 0.438. The van der Waals surface area contributed by atoms with Gasteiger partial charge in [-0.25, -0.2) is 8.42 Å². The first-order valence-corrected chi connectivity index (χ1v) is 10.00. The summed E-state index contributed by atoms with van der Waals surface area (Å²) < 4.78 is 28.6. The Balaban J connectivity index is 0.00000156. The van der Waals surface area contributed by atoms with Crippen LogP contribution in [0.1, 0.15) is 19.8 Å². The smallest absolute Gasteiger partial charge is 0.244 e. The second kappa shape index (κ2) is 9.48. The second-order valence-electron chi connectivity index (χ2n) is 5.85. The molecule has 1 aromatic heterocycles. The van der Waals surface area contributed by atoms with Crippen LogP contribution in [0.2, 0.25) is 0 Å². The SMILES string of the molecule is C[C@@H]1CNCCCCN1S(=O)(=O)c1ccc2cnccc2c1Br.Cl.Cl. The molecule has 1 aromatic carbocycles. The van der Waals surface area contributed by atoms with E-state index in [9.17, 15) is 8.42 Å². The van der Waals surface area contributed by atoms with Crippen LogP contribution in [0.15, 0.2) is 40.0 Å². The van der Waals surface area contributed by atoms with Gasteiger partial charge in [-0.15, -0.1) is 24.8 Å². The number of aromatic nitrogens is 1. The minimum atomic E-state index is -3.55. The molecule has 0 radical (unpaired) electrons. The van der Waals surface area contributed by atoms with Crippen molar-refractivity contribution in [1.29, 1.82) is 0 Å². The molecule has 0 unspecified atom stereocenters. The molecule has 0 bridgehead atoms. The van der Waals surface area contributed by atoms with Gasteiger partial charge in [-0.1, -0.05) is 6.07 Å². The lowest BCUT2D eigenvalue weighted by molar-refractivity contribution is 0.301. The third-order valence-corrected chi connectivity index (χ3v) is 7.39. The van der Waals surface area contributed by atoms with Crippen molar-refractivity contribution in [3.63, 3.8) is 0 Å². The lowest BCUT2D eigenvalue weighted by Crippen LogP contribution is -2.46. The third kappa shape index (κ3) is 4.64. The number of hydrogen-bond acceptors (Lipinski definition) is 4. The van der Waals surface area contributed by atoms with Gasteiger partial charge in [0.05, 0.1) is 4.90 Å². The molecule has 1 atom stereocenters. The maximum absolute atomic E-state index is 13.2. The van der Waals surface area contributed by atoms with E-state index in [0.717, 1.165) is 30.2 Å². The number of pyridine rings is 1. The quantitative estimate of drug-likeness (QED) is 0.728. The van der Waals surface area contributed by atoms with Gasteiger partial charge in [-0.05, 0) is 54.4 Å². The number of fused-ring (bicyclic) bond motifs is 1. The number of rotatable bonds is 2. The van der Waals surface area contributed by atoms with Gasteiger partial charge in [0.1, 0.15) is 0 Å². The summed E-state index contributed by atoms with van der Waals surface area (Å²) in [5.74, 6) is 0. The first-order chi connectivity index (χ1) is 11.0. The van der Waals surface area contributed by atoms with Crippen LogP contribution in [0.25, 0.3) is 10.8 Å². The van der Waals surface area contributed by atoms with E-state index in [4.69, 9.17) is 0 Å². The van der Waals surface area contributed by atoms with Gasteiger partial charge in [0.15, 0.2) is 0 Å². The van der Waals surface area contributed by atoms with Crippen molar-refractivity contribution in [1.82, 2.24) is 14.6 Å². The average Bonchev–Trinajstić information content (AvgIpc) is 2.51. The molecule has 140 valence electrons. The molecule has 9 heteroatoms. The number of nitrogens with zero attached hydrogens (tertiary/aromatic N) is 2. The Kier molecular flexibility index (Phi) is 8.57. The monoisotopic (exact) mass is 469 g/mol. The first-order valence-electron chi connectivity index (χ1n) is 7.76. The summed E-state index contributed by atoms with van der Waals surface area (Å²) in [5, 5.41) is 5.09. The number of halogens is 3. The summed E-state index contributed by atoms with van der Waals surface area (Å²) >= 11 is 3.49. The minimum absolute atomic E-state index is 0. The van der Waals surface area contributed by atoms with Crippen molar-refractivity contribution in [2.45, 2.75) is 30.7 Å². The first kappa shape index (κ1) is 22.6. The molecular weight excluding hydrogens is 449 g/mol. The molecule has 25 heavy (non-hydrogen) atoms. The van der Waals surface area contributed by atoms with Crippen molar-refractivity contribution >= 4 is 61.5 Å². The third-order valence-electron chi connectivity index (χ3n) is 4.22. The van der Waals surface area contributed by atoms with Crippen LogP contribution in [0.4, 0.5) is 0 Å². The molecule has 1 saturated heterocycles. The Morgan fingerprint density at radius 1 is 1.24 bits per heavy atom. The molecule has 1 aliphatic heterocycles. The summed E-state index contributed by atoms with van der Waals surface area (Å²) in [6.07, 6.45) is 5.26. The molecule has 0 saturated carbocycles. The summed E-state index contributed by atoms with van der Waals surface area (Å²) in [6.45, 7) is 4.14. The molecule has 3 rings (SSSR count). The Bertz CT molecular complexity index is 820. The van der Waals surface area contributed by atoms with Crippen molar-refractivity contribution in [2.75, 3.05) is 19.6 Å². The van der Waals surface area contributed by atoms with Gasteiger partial charge >= 0.3 is 0 Å². The van der Waals surface area contributed by atoms with E-state index >= 15 is 0 Å². The Hall–Kier alpha value is -0.440. The lowest BCUT2D eigenvalue weighted by Gasteiger charge is -2.31. The van der Waals surface area contributed by atoms with Crippen molar-refractivity contribution in [2.24, 2.45) is 0 Å². The van der Waals surface area contributed by atoms with E-state index < -0.39 is 10.0 Å². The predicted molar refractivity (Wildman–Crippen MR) is 109 cm³/mol. The fourth-order valence-electron chi connectivity index (χ4n) is 2.94. The predicted octanol–water partition coefficient (Wildman–Crippen LogP) is 3.60.